The molecular weight excluding hydrogens is 186 g/mol. The average Bonchev–Trinajstić information content (AvgIpc) is 2.32. The van der Waals surface area contributed by atoms with E-state index in [-0.39, 0.29) is 0 Å². The van der Waals surface area contributed by atoms with Crippen LogP contribution in [0, 0.1) is 0 Å². The highest BCUT2D eigenvalue weighted by Crippen LogP contribution is 2.09. The van der Waals surface area contributed by atoms with E-state index in [1.807, 2.05) is 60.7 Å². The number of nitrogens with one attached hydrogen (secondary N) is 1. The average molecular weight is 198 g/mol. The van der Waals surface area contributed by atoms with E-state index in [1.54, 1.807) is 6.34 Å². The lowest BCUT2D eigenvalue weighted by atomic mass is 10.3. The van der Waals surface area contributed by atoms with Crippen LogP contribution in [0.15, 0.2) is 65.7 Å². The molecule has 0 bridgehead atoms. The topological polar surface area (TPSA) is 24.4 Å². The first kappa shape index (κ1) is 9.46. The second kappa shape index (κ2) is 4.96. The molecule has 0 unspecified atom stereocenters. The minimum atomic E-state index is 0.945. The molecule has 0 heterocycles. The molecule has 2 nitrogen and oxygen atoms in total. The number of hydrogen-bond donors (Lipinski definition) is 1. The second-order valence-corrected chi connectivity index (χ2v) is 3.10. The van der Waals surface area contributed by atoms with Crippen LogP contribution in [0.3, 0.4) is 0 Å². The Bertz CT molecular complexity index is 421. The predicted octanol–water partition coefficient (Wildman–Crippen LogP) is 3.46. The van der Waals surface area contributed by atoms with Crippen LogP contribution < -0.4 is 5.32 Å². The molecule has 0 aliphatic rings. The van der Waals surface area contributed by atoms with Crippen molar-refractivity contribution in [3.8, 4) is 0 Å². The van der Waals surface area contributed by atoms with Crippen molar-refractivity contribution < 1.29 is 0 Å². The van der Waals surface area contributed by atoms with Crippen molar-refractivity contribution in [2.75, 3.05) is 5.32 Å². The van der Waals surface area contributed by atoms with E-state index < -0.39 is 0 Å². The van der Waals surface area contributed by atoms with Crippen LogP contribution in [0.2, 0.25) is 0 Å². The molecule has 0 fully saturated rings. The van der Waals surface area contributed by atoms with E-state index in [0.717, 1.165) is 11.4 Å². The summed E-state index contributed by atoms with van der Waals surface area (Å²) in [7, 11) is 0. The lowest BCUT2D eigenvalue weighted by Gasteiger charge is -1.98. The monoisotopic (exact) mass is 198 g/mol. The lowest BCUT2D eigenvalue weighted by molar-refractivity contribution is 1.52. The quantitative estimate of drug-likeness (QED) is 0.456. The Morgan fingerprint density at radius 3 is 2.07 bits per heavy atom. The number of para-hydroxylation sites is 2. The van der Waals surface area contributed by atoms with Crippen molar-refractivity contribution in [3.63, 3.8) is 0 Å². The van der Waals surface area contributed by atoms with Crippen LogP contribution in [-0.4, -0.2) is 6.34 Å². The molecule has 0 saturated heterocycles. The summed E-state index contributed by atoms with van der Waals surface area (Å²) in [6.45, 7) is 0. The molecular formula is C13H12N2. The zero-order valence-corrected chi connectivity index (χ0v) is 8.30. The van der Waals surface area contributed by atoms with Crippen LogP contribution in [0.5, 0.6) is 0 Å². The molecule has 1 N–H and O–H groups in total. The SMILES string of the molecule is C(=[15N]c1ccccc1)[15NH]c1ccccc1. The summed E-state index contributed by atoms with van der Waals surface area (Å²) in [4.78, 5) is 4.27. The van der Waals surface area contributed by atoms with Crippen LogP contribution >= 0.6 is 0 Å². The van der Waals surface area contributed by atoms with Gasteiger partial charge in [-0.3, -0.25) is 0 Å². The number of nitrogens with zero attached hydrogens (tertiary/aromatic N) is 1. The van der Waals surface area contributed by atoms with E-state index in [0.29, 0.717) is 0 Å². The van der Waals surface area contributed by atoms with Crippen molar-refractivity contribution >= 4 is 17.7 Å². The van der Waals surface area contributed by atoms with E-state index in [4.69, 9.17) is 0 Å². The van der Waals surface area contributed by atoms with E-state index in [9.17, 15) is 0 Å². The largest absolute Gasteiger partial charge is 0.346 e. The number of anilines is 1. The molecule has 0 aromatic heterocycles. The Morgan fingerprint density at radius 2 is 1.40 bits per heavy atom. The Morgan fingerprint density at radius 1 is 0.800 bits per heavy atom. The molecule has 0 aliphatic carbocycles. The van der Waals surface area contributed by atoms with Gasteiger partial charge in [-0.25, -0.2) is 4.99 Å². The minimum Gasteiger partial charge on any atom is -0.346 e. The summed E-state index contributed by atoms with van der Waals surface area (Å²) < 4.78 is 0. The Balaban J connectivity index is 1.97. The molecule has 2 aromatic carbocycles. The highest BCUT2D eigenvalue weighted by Gasteiger charge is 1.85. The van der Waals surface area contributed by atoms with Gasteiger partial charge in [-0.15, -0.1) is 0 Å². The maximum absolute atomic E-state index is 4.27. The normalized spacial score (nSPS) is 10.4. The summed E-state index contributed by atoms with van der Waals surface area (Å²) in [5.74, 6) is 0. The number of aliphatic imine (C=N–C) groups is 1. The van der Waals surface area contributed by atoms with Crippen molar-refractivity contribution in [1.29, 1.82) is 0 Å². The fourth-order valence-corrected chi connectivity index (χ4v) is 1.23. The summed E-state index contributed by atoms with van der Waals surface area (Å²) in [6, 6.07) is 19.8. The second-order valence-electron chi connectivity index (χ2n) is 3.10. The third kappa shape index (κ3) is 2.95. The Hall–Kier alpha value is -2.09. The van der Waals surface area contributed by atoms with Gasteiger partial charge in [0.25, 0.3) is 0 Å². The molecule has 15 heavy (non-hydrogen) atoms. The van der Waals surface area contributed by atoms with Crippen molar-refractivity contribution in [1.82, 2.24) is 0 Å². The molecule has 0 aliphatic heterocycles. The van der Waals surface area contributed by atoms with Crippen LogP contribution in [-0.2, 0) is 0 Å². The van der Waals surface area contributed by atoms with Gasteiger partial charge in [0.1, 0.15) is 0 Å². The first-order chi connectivity index (χ1) is 7.45. The standard InChI is InChI=1S/C13H12N2/c1-3-7-12(8-4-1)14-11-15-13-9-5-2-6-10-13/h1-11H,(H,14,15)/i14+1,15+1. The maximum atomic E-state index is 4.27. The van der Waals surface area contributed by atoms with Crippen LogP contribution in [0.1, 0.15) is 0 Å². The predicted molar refractivity (Wildman–Crippen MR) is 64.7 cm³/mol. The van der Waals surface area contributed by atoms with Gasteiger partial charge in [-0.2, -0.15) is 0 Å². The van der Waals surface area contributed by atoms with Crippen molar-refractivity contribution in [2.24, 2.45) is 4.99 Å². The molecule has 2 rings (SSSR count). The van der Waals surface area contributed by atoms with E-state index in [2.05, 4.69) is 10.3 Å². The van der Waals surface area contributed by atoms with Gasteiger partial charge in [0.05, 0.1) is 12.0 Å². The smallest absolute Gasteiger partial charge is 0.0930 e. The third-order valence-electron chi connectivity index (χ3n) is 1.97. The molecule has 0 amide bonds. The van der Waals surface area contributed by atoms with Gasteiger partial charge in [0.2, 0.25) is 0 Å². The summed E-state index contributed by atoms with van der Waals surface area (Å²) in [5.41, 5.74) is 1.98. The van der Waals surface area contributed by atoms with Crippen molar-refractivity contribution in [2.45, 2.75) is 0 Å². The van der Waals surface area contributed by atoms with Crippen LogP contribution in [0.25, 0.3) is 0 Å². The highest BCUT2D eigenvalue weighted by molar-refractivity contribution is 5.77. The summed E-state index contributed by atoms with van der Waals surface area (Å²) in [5, 5.41) is 3.10. The maximum Gasteiger partial charge on any atom is 0.0930 e. The third-order valence-corrected chi connectivity index (χ3v) is 1.97. The zero-order valence-electron chi connectivity index (χ0n) is 8.30. The van der Waals surface area contributed by atoms with Gasteiger partial charge in [-0.05, 0) is 24.3 Å². The fraction of sp³-hybridized carbons (Fsp3) is 0. The molecule has 0 atom stereocenters. The number of rotatable bonds is 3. The Labute approximate surface area is 89.3 Å². The molecule has 0 radical (unpaired) electrons. The molecule has 0 spiro atoms. The first-order valence-corrected chi connectivity index (χ1v) is 4.84. The molecule has 2 heteroatoms. The van der Waals surface area contributed by atoms with Gasteiger partial charge >= 0.3 is 0 Å². The fourth-order valence-electron chi connectivity index (χ4n) is 1.23. The van der Waals surface area contributed by atoms with Crippen LogP contribution in [0.4, 0.5) is 11.4 Å². The van der Waals surface area contributed by atoms with E-state index >= 15 is 0 Å². The molecule has 0 saturated carbocycles. The van der Waals surface area contributed by atoms with Gasteiger partial charge in [-0.1, -0.05) is 36.4 Å². The zero-order chi connectivity index (χ0) is 10.3. The van der Waals surface area contributed by atoms with Gasteiger partial charge < -0.3 is 5.32 Å². The van der Waals surface area contributed by atoms with Gasteiger partial charge in [0, 0.05) is 5.69 Å². The lowest BCUT2D eigenvalue weighted by Crippen LogP contribution is -1.92. The summed E-state index contributed by atoms with van der Waals surface area (Å²) in [6.07, 6.45) is 1.70. The Kier molecular flexibility index (Phi) is 3.13. The van der Waals surface area contributed by atoms with Crippen molar-refractivity contribution in [3.05, 3.63) is 60.7 Å². The highest BCUT2D eigenvalue weighted by atomic mass is 15.7. The minimum absolute atomic E-state index is 0.945. The molecule has 2 aromatic rings. The van der Waals surface area contributed by atoms with E-state index in [1.165, 1.54) is 0 Å². The first-order valence-electron chi connectivity index (χ1n) is 4.84. The van der Waals surface area contributed by atoms with Gasteiger partial charge in [0.15, 0.2) is 0 Å². The number of benzene rings is 2. The number of hydrogen-bond acceptors (Lipinski definition) is 1. The summed E-state index contributed by atoms with van der Waals surface area (Å²) >= 11 is 0. The molecule has 74 valence electrons.